The molecule has 1 saturated carbocycles. The summed E-state index contributed by atoms with van der Waals surface area (Å²) < 4.78 is 0. The topological polar surface area (TPSA) is 102 Å². The van der Waals surface area contributed by atoms with E-state index in [9.17, 15) is 14.7 Å². The zero-order chi connectivity index (χ0) is 20.1. The van der Waals surface area contributed by atoms with Crippen molar-refractivity contribution in [3.05, 3.63) is 51.7 Å². The van der Waals surface area contributed by atoms with Crippen LogP contribution in [0.15, 0.2) is 36.4 Å². The van der Waals surface area contributed by atoms with E-state index in [0.29, 0.717) is 17.8 Å². The van der Waals surface area contributed by atoms with Gasteiger partial charge in [0.1, 0.15) is 6.07 Å². The van der Waals surface area contributed by atoms with Gasteiger partial charge in [0.15, 0.2) is 0 Å². The number of nitriles is 1. The minimum atomic E-state index is -0.785. The van der Waals surface area contributed by atoms with Crippen LogP contribution in [-0.2, 0) is 15.0 Å². The Morgan fingerprint density at radius 1 is 1.21 bits per heavy atom. The minimum absolute atomic E-state index is 0.196. The smallest absolute Gasteiger partial charge is 0.313 e. The summed E-state index contributed by atoms with van der Waals surface area (Å²) in [5, 5.41) is 24.2. The van der Waals surface area contributed by atoms with Gasteiger partial charge in [-0.3, -0.25) is 9.59 Å². The van der Waals surface area contributed by atoms with Crippen LogP contribution in [0.1, 0.15) is 54.0 Å². The Hall–Kier alpha value is -2.69. The van der Waals surface area contributed by atoms with E-state index in [1.807, 2.05) is 18.2 Å². The Labute approximate surface area is 168 Å². The number of para-hydroxylation sites is 1. The molecule has 1 aromatic carbocycles. The molecule has 1 aliphatic carbocycles. The molecule has 0 unspecified atom stereocenters. The SMILES string of the molecule is C[C@@H](O)c1ccc(C2(CNC(=O)C(=O)Nc3ccccc3C#N)CCCC2)s1. The maximum atomic E-state index is 12.3. The van der Waals surface area contributed by atoms with Gasteiger partial charge in [-0.2, -0.15) is 5.26 Å². The second-order valence-electron chi connectivity index (χ2n) is 7.16. The van der Waals surface area contributed by atoms with Crippen LogP contribution in [-0.4, -0.2) is 23.5 Å². The third-order valence-corrected chi connectivity index (χ3v) is 6.71. The third kappa shape index (κ3) is 4.24. The summed E-state index contributed by atoms with van der Waals surface area (Å²) in [6.45, 7) is 2.11. The molecule has 1 aromatic heterocycles. The van der Waals surface area contributed by atoms with E-state index in [1.54, 1.807) is 42.5 Å². The molecule has 28 heavy (non-hydrogen) atoms. The molecular weight excluding hydrogens is 374 g/mol. The molecule has 3 N–H and O–H groups in total. The quantitative estimate of drug-likeness (QED) is 0.674. The number of rotatable bonds is 5. The lowest BCUT2D eigenvalue weighted by Gasteiger charge is -2.28. The molecular formula is C21H23N3O3S. The highest BCUT2D eigenvalue weighted by molar-refractivity contribution is 7.12. The number of thiophene rings is 1. The van der Waals surface area contributed by atoms with E-state index < -0.39 is 17.9 Å². The largest absolute Gasteiger partial charge is 0.388 e. The van der Waals surface area contributed by atoms with Crippen molar-refractivity contribution in [1.82, 2.24) is 5.32 Å². The van der Waals surface area contributed by atoms with Crippen LogP contribution in [0, 0.1) is 11.3 Å². The van der Waals surface area contributed by atoms with Crippen LogP contribution in [0.5, 0.6) is 0 Å². The normalized spacial score (nSPS) is 16.2. The fraction of sp³-hybridized carbons (Fsp3) is 0.381. The zero-order valence-corrected chi connectivity index (χ0v) is 16.5. The summed E-state index contributed by atoms with van der Waals surface area (Å²) >= 11 is 1.57. The molecule has 1 aliphatic rings. The summed E-state index contributed by atoms with van der Waals surface area (Å²) in [4.78, 5) is 26.6. The van der Waals surface area contributed by atoms with Crippen LogP contribution in [0.25, 0.3) is 0 Å². The van der Waals surface area contributed by atoms with Gasteiger partial charge in [-0.15, -0.1) is 11.3 Å². The molecule has 1 atom stereocenters. The Morgan fingerprint density at radius 3 is 2.57 bits per heavy atom. The highest BCUT2D eigenvalue weighted by atomic mass is 32.1. The molecule has 0 bridgehead atoms. The lowest BCUT2D eigenvalue weighted by atomic mass is 9.84. The summed E-state index contributed by atoms with van der Waals surface area (Å²) in [5.41, 5.74) is 0.430. The Morgan fingerprint density at radius 2 is 1.93 bits per heavy atom. The summed E-state index contributed by atoms with van der Waals surface area (Å²) in [7, 11) is 0. The number of amides is 2. The Balaban J connectivity index is 1.67. The van der Waals surface area contributed by atoms with Gasteiger partial charge in [0.2, 0.25) is 0 Å². The molecule has 0 aliphatic heterocycles. The number of nitrogens with zero attached hydrogens (tertiary/aromatic N) is 1. The van der Waals surface area contributed by atoms with Crippen molar-refractivity contribution in [2.75, 3.05) is 11.9 Å². The van der Waals surface area contributed by atoms with Crippen LogP contribution in [0.2, 0.25) is 0 Å². The number of carbonyl (C=O) groups excluding carboxylic acids is 2. The van der Waals surface area contributed by atoms with Crippen molar-refractivity contribution in [3.63, 3.8) is 0 Å². The average Bonchev–Trinajstić information content (AvgIpc) is 3.37. The zero-order valence-electron chi connectivity index (χ0n) is 15.7. The molecule has 2 aromatic rings. The highest BCUT2D eigenvalue weighted by Gasteiger charge is 2.37. The number of hydrogen-bond acceptors (Lipinski definition) is 5. The van der Waals surface area contributed by atoms with E-state index >= 15 is 0 Å². The van der Waals surface area contributed by atoms with Crippen molar-refractivity contribution in [3.8, 4) is 6.07 Å². The van der Waals surface area contributed by atoms with Crippen molar-refractivity contribution >= 4 is 28.8 Å². The number of anilines is 1. The second kappa shape index (κ2) is 8.55. The van der Waals surface area contributed by atoms with Crippen molar-refractivity contribution in [1.29, 1.82) is 5.26 Å². The molecule has 3 rings (SSSR count). The average molecular weight is 398 g/mol. The number of aliphatic hydroxyl groups excluding tert-OH is 1. The van der Waals surface area contributed by atoms with Gasteiger partial charge in [0, 0.05) is 21.7 Å². The van der Waals surface area contributed by atoms with Crippen LogP contribution in [0.4, 0.5) is 5.69 Å². The first-order valence-electron chi connectivity index (χ1n) is 9.32. The van der Waals surface area contributed by atoms with Gasteiger partial charge in [-0.25, -0.2) is 0 Å². The number of nitrogens with one attached hydrogen (secondary N) is 2. The summed E-state index contributed by atoms with van der Waals surface area (Å²) in [6.07, 6.45) is 3.49. The third-order valence-electron chi connectivity index (χ3n) is 5.21. The van der Waals surface area contributed by atoms with Crippen LogP contribution >= 0.6 is 11.3 Å². The van der Waals surface area contributed by atoms with Gasteiger partial charge >= 0.3 is 11.8 Å². The van der Waals surface area contributed by atoms with Crippen molar-refractivity contribution in [2.24, 2.45) is 0 Å². The van der Waals surface area contributed by atoms with Gasteiger partial charge in [0.05, 0.1) is 17.4 Å². The molecule has 146 valence electrons. The Kier molecular flexibility index (Phi) is 6.12. The van der Waals surface area contributed by atoms with Crippen LogP contribution < -0.4 is 10.6 Å². The summed E-state index contributed by atoms with van der Waals surface area (Å²) in [6, 6.07) is 12.5. The van der Waals surface area contributed by atoms with Crippen LogP contribution in [0.3, 0.4) is 0 Å². The molecule has 6 nitrogen and oxygen atoms in total. The van der Waals surface area contributed by atoms with E-state index in [0.717, 1.165) is 35.4 Å². The molecule has 2 amide bonds. The lowest BCUT2D eigenvalue weighted by molar-refractivity contribution is -0.136. The first kappa shape index (κ1) is 20.1. The first-order valence-corrected chi connectivity index (χ1v) is 10.1. The number of carbonyl (C=O) groups is 2. The van der Waals surface area contributed by atoms with E-state index in [-0.39, 0.29) is 5.41 Å². The van der Waals surface area contributed by atoms with E-state index in [2.05, 4.69) is 10.6 Å². The monoisotopic (exact) mass is 397 g/mol. The molecule has 1 heterocycles. The maximum Gasteiger partial charge on any atom is 0.313 e. The van der Waals surface area contributed by atoms with E-state index in [1.165, 1.54) is 0 Å². The number of aliphatic hydroxyl groups is 1. The van der Waals surface area contributed by atoms with Gasteiger partial charge in [0.25, 0.3) is 0 Å². The van der Waals surface area contributed by atoms with Gasteiger partial charge < -0.3 is 15.7 Å². The first-order chi connectivity index (χ1) is 13.4. The minimum Gasteiger partial charge on any atom is -0.388 e. The molecule has 0 radical (unpaired) electrons. The van der Waals surface area contributed by atoms with Crippen molar-refractivity contribution in [2.45, 2.75) is 44.1 Å². The fourth-order valence-corrected chi connectivity index (χ4v) is 4.81. The lowest BCUT2D eigenvalue weighted by Crippen LogP contribution is -2.43. The molecule has 0 saturated heterocycles. The standard InChI is InChI=1S/C21H23N3O3S/c1-14(25)17-8-9-18(28-17)21(10-4-5-11-21)13-23-19(26)20(27)24-16-7-3-2-6-15(16)12-22/h2-3,6-9,14,25H,4-5,10-11,13H2,1H3,(H,23,26)(H,24,27)/t14-/m1/s1. The maximum absolute atomic E-state index is 12.3. The second-order valence-corrected chi connectivity index (χ2v) is 8.27. The predicted molar refractivity (Wildman–Crippen MR) is 108 cm³/mol. The van der Waals surface area contributed by atoms with Crippen molar-refractivity contribution < 1.29 is 14.7 Å². The molecule has 1 fully saturated rings. The fourth-order valence-electron chi connectivity index (χ4n) is 3.62. The van der Waals surface area contributed by atoms with E-state index in [4.69, 9.17) is 5.26 Å². The highest BCUT2D eigenvalue weighted by Crippen LogP contribution is 2.44. The summed E-state index contributed by atoms with van der Waals surface area (Å²) in [5.74, 6) is -1.50. The van der Waals surface area contributed by atoms with Gasteiger partial charge in [-0.1, -0.05) is 25.0 Å². The number of hydrogen-bond donors (Lipinski definition) is 3. The molecule has 0 spiro atoms. The van der Waals surface area contributed by atoms with Gasteiger partial charge in [-0.05, 0) is 44.0 Å². The number of benzene rings is 1. The predicted octanol–water partition coefficient (Wildman–Crippen LogP) is 3.24. The Bertz CT molecular complexity index is 908. The molecule has 7 heteroatoms.